The number of aromatic nitrogens is 1. The number of hydrogen-bond donors (Lipinski definition) is 0. The Balaban J connectivity index is 2.00. The van der Waals surface area contributed by atoms with Gasteiger partial charge in [-0.3, -0.25) is 0 Å². The van der Waals surface area contributed by atoms with Crippen LogP contribution in [-0.2, 0) is 11.3 Å². The van der Waals surface area contributed by atoms with Gasteiger partial charge >= 0.3 is 5.97 Å². The quantitative estimate of drug-likeness (QED) is 0.804. The highest BCUT2D eigenvalue weighted by molar-refractivity contribution is 9.10. The minimum absolute atomic E-state index is 0.201. The molecule has 0 saturated carbocycles. The summed E-state index contributed by atoms with van der Waals surface area (Å²) >= 11 is 9.13. The van der Waals surface area contributed by atoms with Crippen LogP contribution in [0.1, 0.15) is 16.1 Å². The molecule has 2 rings (SSSR count). The average Bonchev–Trinajstić information content (AvgIpc) is 2.36. The van der Waals surface area contributed by atoms with Crippen molar-refractivity contribution in [2.45, 2.75) is 6.61 Å². The molecule has 0 unspecified atom stereocenters. The number of nitrogens with zero attached hydrogens (tertiary/aromatic N) is 1. The molecule has 1 aromatic carbocycles. The monoisotopic (exact) mass is 325 g/mol. The molecule has 0 amide bonds. The molecular formula is C13H9BrClNO2. The molecule has 0 aliphatic rings. The van der Waals surface area contributed by atoms with Gasteiger partial charge in [-0.1, -0.05) is 39.7 Å². The van der Waals surface area contributed by atoms with Gasteiger partial charge in [-0.05, 0) is 29.8 Å². The molecule has 92 valence electrons. The smallest absolute Gasteiger partial charge is 0.357 e. The Morgan fingerprint density at radius 3 is 2.89 bits per heavy atom. The fourth-order valence-corrected chi connectivity index (χ4v) is 1.97. The Hall–Kier alpha value is -1.39. The van der Waals surface area contributed by atoms with E-state index in [-0.39, 0.29) is 12.3 Å². The first-order valence-electron chi connectivity index (χ1n) is 5.18. The second kappa shape index (κ2) is 5.98. The summed E-state index contributed by atoms with van der Waals surface area (Å²) in [6.45, 7) is 0.201. The van der Waals surface area contributed by atoms with E-state index in [0.717, 1.165) is 10.0 Å². The van der Waals surface area contributed by atoms with Crippen LogP contribution in [-0.4, -0.2) is 11.0 Å². The van der Waals surface area contributed by atoms with Gasteiger partial charge in [0.2, 0.25) is 0 Å². The van der Waals surface area contributed by atoms with E-state index in [1.54, 1.807) is 6.07 Å². The summed E-state index contributed by atoms with van der Waals surface area (Å²) in [5.74, 6) is -0.488. The maximum absolute atomic E-state index is 11.7. The number of pyridine rings is 1. The van der Waals surface area contributed by atoms with Crippen molar-refractivity contribution in [2.24, 2.45) is 0 Å². The van der Waals surface area contributed by atoms with Crippen molar-refractivity contribution in [2.75, 3.05) is 0 Å². The summed E-state index contributed by atoms with van der Waals surface area (Å²) < 4.78 is 6.08. The van der Waals surface area contributed by atoms with E-state index in [1.165, 1.54) is 12.3 Å². The third kappa shape index (κ3) is 3.55. The molecule has 0 fully saturated rings. The Bertz CT molecular complexity index is 574. The predicted octanol–water partition coefficient (Wildman–Crippen LogP) is 3.85. The van der Waals surface area contributed by atoms with E-state index >= 15 is 0 Å². The van der Waals surface area contributed by atoms with Gasteiger partial charge in [0, 0.05) is 15.7 Å². The lowest BCUT2D eigenvalue weighted by Gasteiger charge is -2.05. The van der Waals surface area contributed by atoms with Crippen molar-refractivity contribution in [3.63, 3.8) is 0 Å². The number of carbonyl (C=O) groups excluding carboxylic acids is 1. The number of esters is 1. The predicted molar refractivity (Wildman–Crippen MR) is 72.5 cm³/mol. The van der Waals surface area contributed by atoms with E-state index < -0.39 is 5.97 Å². The number of carbonyl (C=O) groups is 1. The molecule has 0 aliphatic carbocycles. The molecule has 1 heterocycles. The number of rotatable bonds is 3. The maximum atomic E-state index is 11.7. The van der Waals surface area contributed by atoms with Gasteiger partial charge in [-0.25, -0.2) is 9.78 Å². The number of benzene rings is 1. The van der Waals surface area contributed by atoms with E-state index in [1.807, 2.05) is 24.3 Å². The highest BCUT2D eigenvalue weighted by atomic mass is 79.9. The Kier molecular flexibility index (Phi) is 4.33. The van der Waals surface area contributed by atoms with Gasteiger partial charge < -0.3 is 4.74 Å². The minimum atomic E-state index is -0.488. The van der Waals surface area contributed by atoms with Crippen molar-refractivity contribution in [3.8, 4) is 0 Å². The molecule has 0 N–H and O–H groups in total. The van der Waals surface area contributed by atoms with E-state index in [9.17, 15) is 4.79 Å². The first-order chi connectivity index (χ1) is 8.65. The van der Waals surface area contributed by atoms with Gasteiger partial charge in [0.25, 0.3) is 0 Å². The SMILES string of the molecule is O=C(OCc1cccc(Br)c1)c1cc(Cl)ccn1. The Labute approximate surface area is 118 Å². The molecule has 1 aromatic heterocycles. The molecule has 0 bridgehead atoms. The second-order valence-electron chi connectivity index (χ2n) is 3.57. The largest absolute Gasteiger partial charge is 0.456 e. The maximum Gasteiger partial charge on any atom is 0.357 e. The summed E-state index contributed by atoms with van der Waals surface area (Å²) in [5, 5.41) is 0.458. The van der Waals surface area contributed by atoms with Crippen molar-refractivity contribution in [1.29, 1.82) is 0 Å². The van der Waals surface area contributed by atoms with Crippen LogP contribution >= 0.6 is 27.5 Å². The van der Waals surface area contributed by atoms with E-state index in [0.29, 0.717) is 5.02 Å². The molecule has 0 saturated heterocycles. The summed E-state index contributed by atoms with van der Waals surface area (Å²) in [5.41, 5.74) is 1.11. The fourth-order valence-electron chi connectivity index (χ4n) is 1.37. The summed E-state index contributed by atoms with van der Waals surface area (Å²) in [6, 6.07) is 10.6. The van der Waals surface area contributed by atoms with Gasteiger partial charge in [0.05, 0.1) is 0 Å². The topological polar surface area (TPSA) is 39.2 Å². The zero-order valence-corrected chi connectivity index (χ0v) is 11.6. The first kappa shape index (κ1) is 13.1. The Morgan fingerprint density at radius 2 is 2.17 bits per heavy atom. The lowest BCUT2D eigenvalue weighted by molar-refractivity contribution is 0.0465. The highest BCUT2D eigenvalue weighted by Gasteiger charge is 2.09. The summed E-state index contributed by atoms with van der Waals surface area (Å²) in [4.78, 5) is 15.6. The molecule has 18 heavy (non-hydrogen) atoms. The second-order valence-corrected chi connectivity index (χ2v) is 4.92. The number of ether oxygens (including phenoxy) is 1. The van der Waals surface area contributed by atoms with Crippen LogP contribution < -0.4 is 0 Å². The van der Waals surface area contributed by atoms with E-state index in [4.69, 9.17) is 16.3 Å². The van der Waals surface area contributed by atoms with Crippen LogP contribution in [0.15, 0.2) is 47.1 Å². The molecule has 0 atom stereocenters. The average molecular weight is 327 g/mol. The van der Waals surface area contributed by atoms with Crippen molar-refractivity contribution >= 4 is 33.5 Å². The van der Waals surface area contributed by atoms with Crippen LogP contribution in [0.2, 0.25) is 5.02 Å². The zero-order chi connectivity index (χ0) is 13.0. The molecular weight excluding hydrogens is 318 g/mol. The molecule has 5 heteroatoms. The van der Waals surface area contributed by atoms with E-state index in [2.05, 4.69) is 20.9 Å². The van der Waals surface area contributed by atoms with Crippen molar-refractivity contribution in [3.05, 3.63) is 63.3 Å². The summed E-state index contributed by atoms with van der Waals surface area (Å²) in [7, 11) is 0. The molecule has 3 nitrogen and oxygen atoms in total. The third-order valence-corrected chi connectivity index (χ3v) is 2.92. The molecule has 0 spiro atoms. The lowest BCUT2D eigenvalue weighted by atomic mass is 10.2. The highest BCUT2D eigenvalue weighted by Crippen LogP contribution is 2.14. The zero-order valence-electron chi connectivity index (χ0n) is 9.27. The summed E-state index contributed by atoms with van der Waals surface area (Å²) in [6.07, 6.45) is 1.47. The van der Waals surface area contributed by atoms with Gasteiger partial charge in [-0.15, -0.1) is 0 Å². The van der Waals surface area contributed by atoms with Gasteiger partial charge in [0.1, 0.15) is 12.3 Å². The van der Waals surface area contributed by atoms with Crippen LogP contribution in [0.25, 0.3) is 0 Å². The molecule has 0 radical (unpaired) electrons. The van der Waals surface area contributed by atoms with Crippen LogP contribution in [0.3, 0.4) is 0 Å². The lowest BCUT2D eigenvalue weighted by Crippen LogP contribution is -2.07. The fraction of sp³-hybridized carbons (Fsp3) is 0.0769. The molecule has 2 aromatic rings. The van der Waals surface area contributed by atoms with Crippen LogP contribution in [0, 0.1) is 0 Å². The normalized spacial score (nSPS) is 10.1. The Morgan fingerprint density at radius 1 is 1.33 bits per heavy atom. The third-order valence-electron chi connectivity index (χ3n) is 2.19. The van der Waals surface area contributed by atoms with Gasteiger partial charge in [0.15, 0.2) is 0 Å². The minimum Gasteiger partial charge on any atom is -0.456 e. The standard InChI is InChI=1S/C13H9BrClNO2/c14-10-3-1-2-9(6-10)8-18-13(17)12-7-11(15)4-5-16-12/h1-7H,8H2. The van der Waals surface area contributed by atoms with Crippen LogP contribution in [0.4, 0.5) is 0 Å². The van der Waals surface area contributed by atoms with Crippen molar-refractivity contribution in [1.82, 2.24) is 4.98 Å². The van der Waals surface area contributed by atoms with Gasteiger partial charge in [-0.2, -0.15) is 0 Å². The number of hydrogen-bond acceptors (Lipinski definition) is 3. The molecule has 0 aliphatic heterocycles. The van der Waals surface area contributed by atoms with Crippen LogP contribution in [0.5, 0.6) is 0 Å². The van der Waals surface area contributed by atoms with Crippen molar-refractivity contribution < 1.29 is 9.53 Å². The first-order valence-corrected chi connectivity index (χ1v) is 6.35. The number of halogens is 2.